The lowest BCUT2D eigenvalue weighted by Gasteiger charge is -2.20. The summed E-state index contributed by atoms with van der Waals surface area (Å²) < 4.78 is 0. The predicted octanol–water partition coefficient (Wildman–Crippen LogP) is -0.525. The van der Waals surface area contributed by atoms with Crippen LogP contribution in [0.15, 0.2) is 24.5 Å². The fraction of sp³-hybridized carbons (Fsp3) is 0.333. The molecule has 0 radical (unpaired) electrons. The molecule has 3 rings (SSSR count). The summed E-state index contributed by atoms with van der Waals surface area (Å²) in [6.45, 7) is 1.26. The van der Waals surface area contributed by atoms with E-state index in [1.807, 2.05) is 6.07 Å². The van der Waals surface area contributed by atoms with Crippen molar-refractivity contribution in [3.63, 3.8) is 0 Å². The summed E-state index contributed by atoms with van der Waals surface area (Å²) in [5.41, 5.74) is 6.24. The van der Waals surface area contributed by atoms with Crippen LogP contribution in [-0.4, -0.2) is 48.0 Å². The zero-order valence-corrected chi connectivity index (χ0v) is 12.7. The normalized spacial score (nSPS) is 20.4. The zero-order chi connectivity index (χ0) is 16.4. The Hall–Kier alpha value is -2.74. The summed E-state index contributed by atoms with van der Waals surface area (Å²) in [6, 6.07) is 5.10. The van der Waals surface area contributed by atoms with Crippen LogP contribution in [0.3, 0.4) is 0 Å². The number of para-hydroxylation sites is 1. The van der Waals surface area contributed by atoms with E-state index in [1.165, 1.54) is 6.33 Å². The van der Waals surface area contributed by atoms with Crippen LogP contribution in [0.5, 0.6) is 0 Å². The molecule has 5 N–H and O–H groups in total. The number of benzene rings is 1. The second-order valence-electron chi connectivity index (χ2n) is 5.42. The van der Waals surface area contributed by atoms with Crippen LogP contribution in [0.1, 0.15) is 10.4 Å². The minimum atomic E-state index is -0.536. The lowest BCUT2D eigenvalue weighted by molar-refractivity contribution is -0.124. The number of fused-ring (bicyclic) bond motifs is 1. The SMILES string of the molecule is CNC(=O)C1CNCC1Nc1ncnc2c(C(N)=O)cccc12. The number of primary amides is 1. The number of aromatic nitrogens is 2. The molecule has 8 nitrogen and oxygen atoms in total. The standard InChI is InChI=1S/C15H18N6O2/c1-17-15(23)10-5-18-6-11(10)21-14-9-4-2-3-8(13(16)22)12(9)19-7-20-14/h2-4,7,10-11,18H,5-6H2,1H3,(H2,16,22)(H,17,23)(H,19,20,21). The van der Waals surface area contributed by atoms with E-state index >= 15 is 0 Å². The molecular weight excluding hydrogens is 296 g/mol. The predicted molar refractivity (Wildman–Crippen MR) is 85.9 cm³/mol. The largest absolute Gasteiger partial charge is 0.366 e. The molecule has 1 aliphatic rings. The maximum absolute atomic E-state index is 11.9. The summed E-state index contributed by atoms with van der Waals surface area (Å²) in [5, 5.41) is 9.85. The maximum Gasteiger partial charge on any atom is 0.250 e. The van der Waals surface area contributed by atoms with E-state index in [4.69, 9.17) is 5.73 Å². The summed E-state index contributed by atoms with van der Waals surface area (Å²) in [4.78, 5) is 31.9. The van der Waals surface area contributed by atoms with Gasteiger partial charge >= 0.3 is 0 Å². The van der Waals surface area contributed by atoms with Gasteiger partial charge in [0.2, 0.25) is 5.91 Å². The van der Waals surface area contributed by atoms with Crippen LogP contribution in [0, 0.1) is 5.92 Å². The van der Waals surface area contributed by atoms with Crippen molar-refractivity contribution in [2.24, 2.45) is 11.7 Å². The molecule has 23 heavy (non-hydrogen) atoms. The Morgan fingerprint density at radius 3 is 2.87 bits per heavy atom. The third-order valence-electron chi connectivity index (χ3n) is 4.05. The molecule has 1 fully saturated rings. The number of amides is 2. The van der Waals surface area contributed by atoms with Gasteiger partial charge in [-0.15, -0.1) is 0 Å². The third kappa shape index (κ3) is 2.80. The van der Waals surface area contributed by atoms with Crippen molar-refractivity contribution in [3.8, 4) is 0 Å². The Bertz CT molecular complexity index is 763. The van der Waals surface area contributed by atoms with Crippen LogP contribution < -0.4 is 21.7 Å². The van der Waals surface area contributed by atoms with E-state index < -0.39 is 5.91 Å². The quantitative estimate of drug-likeness (QED) is 0.602. The van der Waals surface area contributed by atoms with Crippen molar-refractivity contribution >= 4 is 28.5 Å². The van der Waals surface area contributed by atoms with Crippen LogP contribution in [0.4, 0.5) is 5.82 Å². The van der Waals surface area contributed by atoms with Gasteiger partial charge < -0.3 is 21.7 Å². The topological polar surface area (TPSA) is 122 Å². The average Bonchev–Trinajstić information content (AvgIpc) is 3.02. The number of anilines is 1. The number of nitrogens with zero attached hydrogens (tertiary/aromatic N) is 2. The number of carbonyl (C=O) groups is 2. The molecular formula is C15H18N6O2. The first-order chi connectivity index (χ1) is 11.1. The highest BCUT2D eigenvalue weighted by atomic mass is 16.2. The van der Waals surface area contributed by atoms with Gasteiger partial charge in [-0.25, -0.2) is 9.97 Å². The monoisotopic (exact) mass is 314 g/mol. The Morgan fingerprint density at radius 1 is 1.30 bits per heavy atom. The van der Waals surface area contributed by atoms with Crippen molar-refractivity contribution in [1.29, 1.82) is 0 Å². The zero-order valence-electron chi connectivity index (χ0n) is 12.7. The molecule has 2 amide bonds. The van der Waals surface area contributed by atoms with Gasteiger partial charge in [-0.05, 0) is 12.1 Å². The van der Waals surface area contributed by atoms with Gasteiger partial charge in [-0.1, -0.05) is 6.07 Å². The molecule has 0 spiro atoms. The number of rotatable bonds is 4. The van der Waals surface area contributed by atoms with E-state index in [0.29, 0.717) is 35.4 Å². The Balaban J connectivity index is 1.96. The minimum Gasteiger partial charge on any atom is -0.366 e. The van der Waals surface area contributed by atoms with Crippen LogP contribution >= 0.6 is 0 Å². The van der Waals surface area contributed by atoms with Gasteiger partial charge in [0.15, 0.2) is 0 Å². The first kappa shape index (κ1) is 15.2. The van der Waals surface area contributed by atoms with Crippen LogP contribution in [-0.2, 0) is 4.79 Å². The molecule has 1 aliphatic heterocycles. The fourth-order valence-corrected chi connectivity index (χ4v) is 2.87. The third-order valence-corrected chi connectivity index (χ3v) is 4.05. The van der Waals surface area contributed by atoms with E-state index in [9.17, 15) is 9.59 Å². The molecule has 1 aromatic carbocycles. The molecule has 0 aliphatic carbocycles. The highest BCUT2D eigenvalue weighted by Gasteiger charge is 2.32. The summed E-state index contributed by atoms with van der Waals surface area (Å²) >= 11 is 0. The molecule has 1 saturated heterocycles. The van der Waals surface area contributed by atoms with Gasteiger partial charge in [0.1, 0.15) is 12.1 Å². The van der Waals surface area contributed by atoms with Crippen molar-refractivity contribution in [3.05, 3.63) is 30.1 Å². The number of nitrogens with two attached hydrogens (primary N) is 1. The Kier molecular flexibility index (Phi) is 4.07. The van der Waals surface area contributed by atoms with E-state index in [-0.39, 0.29) is 17.9 Å². The molecule has 2 aromatic rings. The van der Waals surface area contributed by atoms with Crippen molar-refractivity contribution in [1.82, 2.24) is 20.6 Å². The van der Waals surface area contributed by atoms with Gasteiger partial charge in [0.25, 0.3) is 5.91 Å². The summed E-state index contributed by atoms with van der Waals surface area (Å²) in [6.07, 6.45) is 1.38. The van der Waals surface area contributed by atoms with Crippen LogP contribution in [0.2, 0.25) is 0 Å². The molecule has 2 heterocycles. The Labute approximate surface area is 132 Å². The lowest BCUT2D eigenvalue weighted by Crippen LogP contribution is -2.39. The number of hydrogen-bond donors (Lipinski definition) is 4. The molecule has 2 unspecified atom stereocenters. The fourth-order valence-electron chi connectivity index (χ4n) is 2.87. The van der Waals surface area contributed by atoms with Crippen molar-refractivity contribution in [2.75, 3.05) is 25.5 Å². The van der Waals surface area contributed by atoms with Crippen molar-refractivity contribution < 1.29 is 9.59 Å². The lowest BCUT2D eigenvalue weighted by atomic mass is 10.0. The van der Waals surface area contributed by atoms with Gasteiger partial charge in [0, 0.05) is 25.5 Å². The molecule has 1 aromatic heterocycles. The van der Waals surface area contributed by atoms with Gasteiger partial charge in [0.05, 0.1) is 23.0 Å². The van der Waals surface area contributed by atoms with E-state index in [1.54, 1.807) is 19.2 Å². The van der Waals surface area contributed by atoms with Crippen molar-refractivity contribution in [2.45, 2.75) is 6.04 Å². The highest BCUT2D eigenvalue weighted by Crippen LogP contribution is 2.24. The number of hydrogen-bond acceptors (Lipinski definition) is 6. The van der Waals surface area contributed by atoms with Crippen LogP contribution in [0.25, 0.3) is 10.9 Å². The smallest absolute Gasteiger partial charge is 0.250 e. The molecule has 0 bridgehead atoms. The minimum absolute atomic E-state index is 0.0244. The second kappa shape index (κ2) is 6.17. The van der Waals surface area contributed by atoms with Gasteiger partial charge in [-0.3, -0.25) is 9.59 Å². The molecule has 2 atom stereocenters. The Morgan fingerprint density at radius 2 is 2.13 bits per heavy atom. The first-order valence-corrected chi connectivity index (χ1v) is 7.34. The van der Waals surface area contributed by atoms with E-state index in [2.05, 4.69) is 25.9 Å². The molecule has 0 saturated carbocycles. The maximum atomic E-state index is 11.9. The van der Waals surface area contributed by atoms with E-state index in [0.717, 1.165) is 0 Å². The first-order valence-electron chi connectivity index (χ1n) is 7.34. The molecule has 120 valence electrons. The molecule has 8 heteroatoms. The van der Waals surface area contributed by atoms with Gasteiger partial charge in [-0.2, -0.15) is 0 Å². The summed E-state index contributed by atoms with van der Waals surface area (Å²) in [7, 11) is 1.62. The number of carbonyl (C=O) groups excluding carboxylic acids is 2. The second-order valence-corrected chi connectivity index (χ2v) is 5.42. The number of nitrogens with one attached hydrogen (secondary N) is 3. The average molecular weight is 314 g/mol. The summed E-state index contributed by atoms with van der Waals surface area (Å²) in [5.74, 6) is -0.167. The highest BCUT2D eigenvalue weighted by molar-refractivity contribution is 6.06.